The Labute approximate surface area is 244 Å². The van der Waals surface area contributed by atoms with Crippen molar-refractivity contribution in [2.24, 2.45) is 5.92 Å². The number of ketones is 1. The average Bonchev–Trinajstić information content (AvgIpc) is 2.96. The zero-order valence-corrected chi connectivity index (χ0v) is 24.1. The number of rotatable bonds is 15. The molecule has 0 spiro atoms. The fourth-order valence-corrected chi connectivity index (χ4v) is 5.12. The maximum atomic E-state index is 13.2. The second-order valence-electron chi connectivity index (χ2n) is 9.84. The summed E-state index contributed by atoms with van der Waals surface area (Å²) in [6.07, 6.45) is 2.80. The monoisotopic (exact) mass is 577 g/mol. The summed E-state index contributed by atoms with van der Waals surface area (Å²) in [7, 11) is 1.52. The number of pyridine rings is 1. The van der Waals surface area contributed by atoms with Gasteiger partial charge in [0.1, 0.15) is 11.8 Å². The number of nitrogens with one attached hydrogen (secondary N) is 2. The number of hydrogen-bond acceptors (Lipinski definition) is 7. The summed E-state index contributed by atoms with van der Waals surface area (Å²) in [5.41, 5.74) is 3.41. The van der Waals surface area contributed by atoms with Crippen LogP contribution in [0.5, 0.6) is 5.75 Å². The minimum absolute atomic E-state index is 0.0406. The number of aromatic nitrogens is 1. The Balaban J connectivity index is 1.66. The lowest BCUT2D eigenvalue weighted by Gasteiger charge is -2.25. The van der Waals surface area contributed by atoms with Gasteiger partial charge in [0.05, 0.1) is 31.7 Å². The summed E-state index contributed by atoms with van der Waals surface area (Å²) < 4.78 is 5.44. The van der Waals surface area contributed by atoms with Crippen LogP contribution in [0.4, 0.5) is 0 Å². The average molecular weight is 578 g/mol. The van der Waals surface area contributed by atoms with Crippen molar-refractivity contribution >= 4 is 35.3 Å². The largest absolute Gasteiger partial charge is 0.496 e. The van der Waals surface area contributed by atoms with Crippen LogP contribution in [-0.2, 0) is 31.4 Å². The molecule has 2 amide bonds. The van der Waals surface area contributed by atoms with Gasteiger partial charge in [-0.15, -0.1) is 11.8 Å². The minimum atomic E-state index is -1.21. The number of Topliss-reactive ketones (excluding diaryl/α,β-unsaturated/α-hetero) is 1. The second kappa shape index (κ2) is 15.6. The number of amides is 2. The molecule has 3 aromatic rings. The Morgan fingerprint density at radius 2 is 1.73 bits per heavy atom. The van der Waals surface area contributed by atoms with Gasteiger partial charge in [-0.25, -0.2) is 0 Å². The van der Waals surface area contributed by atoms with Crippen molar-refractivity contribution in [3.05, 3.63) is 84.2 Å². The second-order valence-corrected chi connectivity index (χ2v) is 10.8. The SMILES string of the molecule is COc1ccc(-c2cccnc2)cc1CC(=O)N[C@H](C(=O)NC(CC(=O)O)C(=O)CSCc1ccccc1)C(C)C. The fourth-order valence-electron chi connectivity index (χ4n) is 4.19. The summed E-state index contributed by atoms with van der Waals surface area (Å²) in [6.45, 7) is 3.52. The summed E-state index contributed by atoms with van der Waals surface area (Å²) in [4.78, 5) is 54.8. The zero-order chi connectivity index (χ0) is 29.8. The van der Waals surface area contributed by atoms with Gasteiger partial charge in [-0.3, -0.25) is 24.2 Å². The standard InChI is InChI=1S/C31H35N3O6S/c1-20(2)30(31(39)33-25(16-29(37)38)26(35)19-41-18-21-8-5-4-6-9-21)34-28(36)15-24-14-22(11-12-27(24)40-3)23-10-7-13-32-17-23/h4-14,17,20,25,30H,15-16,18-19H2,1-3H3,(H,33,39)(H,34,36)(H,37,38)/t25?,30-/m0/s1. The molecule has 1 unspecified atom stereocenters. The number of carbonyl (C=O) groups is 4. The maximum absolute atomic E-state index is 13.2. The van der Waals surface area contributed by atoms with E-state index in [1.165, 1.54) is 18.9 Å². The molecule has 9 nitrogen and oxygen atoms in total. The molecule has 216 valence electrons. The number of thioether (sulfide) groups is 1. The highest BCUT2D eigenvalue weighted by Crippen LogP contribution is 2.27. The van der Waals surface area contributed by atoms with Crippen LogP contribution in [-0.4, -0.2) is 58.6 Å². The number of carboxylic acid groups (broad SMARTS) is 1. The number of methoxy groups -OCH3 is 1. The molecule has 0 fully saturated rings. The molecule has 0 aliphatic carbocycles. The third kappa shape index (κ3) is 9.75. The van der Waals surface area contributed by atoms with E-state index in [1.807, 2.05) is 54.6 Å². The Morgan fingerprint density at radius 1 is 0.976 bits per heavy atom. The van der Waals surface area contributed by atoms with Gasteiger partial charge in [0.25, 0.3) is 0 Å². The molecule has 41 heavy (non-hydrogen) atoms. The van der Waals surface area contributed by atoms with Crippen LogP contribution in [0.2, 0.25) is 0 Å². The summed E-state index contributed by atoms with van der Waals surface area (Å²) in [6, 6.07) is 16.6. The van der Waals surface area contributed by atoms with Crippen molar-refractivity contribution in [1.82, 2.24) is 15.6 Å². The van der Waals surface area contributed by atoms with E-state index in [0.717, 1.165) is 16.7 Å². The highest BCUT2D eigenvalue weighted by atomic mass is 32.2. The fraction of sp³-hybridized carbons (Fsp3) is 0.323. The molecule has 3 N–H and O–H groups in total. The molecule has 0 bridgehead atoms. The van der Waals surface area contributed by atoms with Crippen molar-refractivity contribution < 1.29 is 29.0 Å². The van der Waals surface area contributed by atoms with Crippen LogP contribution in [0.25, 0.3) is 11.1 Å². The molecule has 0 aliphatic heterocycles. The van der Waals surface area contributed by atoms with Gasteiger partial charge in [-0.1, -0.05) is 56.3 Å². The summed E-state index contributed by atoms with van der Waals surface area (Å²) in [5, 5.41) is 14.7. The third-order valence-electron chi connectivity index (χ3n) is 6.33. The first-order valence-electron chi connectivity index (χ1n) is 13.2. The number of hydrogen-bond donors (Lipinski definition) is 3. The van der Waals surface area contributed by atoms with E-state index in [0.29, 0.717) is 17.1 Å². The van der Waals surface area contributed by atoms with Gasteiger partial charge >= 0.3 is 5.97 Å². The number of carboxylic acids is 1. The lowest BCUT2D eigenvalue weighted by Crippen LogP contribution is -2.54. The molecule has 1 aromatic heterocycles. The summed E-state index contributed by atoms with van der Waals surface area (Å²) >= 11 is 1.35. The summed E-state index contributed by atoms with van der Waals surface area (Å²) in [5.74, 6) is -1.81. The number of aliphatic carboxylic acids is 1. The van der Waals surface area contributed by atoms with Crippen molar-refractivity contribution in [1.29, 1.82) is 0 Å². The molecule has 0 saturated carbocycles. The van der Waals surface area contributed by atoms with Gasteiger partial charge in [0.2, 0.25) is 11.8 Å². The zero-order valence-electron chi connectivity index (χ0n) is 23.3. The van der Waals surface area contributed by atoms with Crippen molar-refractivity contribution in [2.75, 3.05) is 12.9 Å². The maximum Gasteiger partial charge on any atom is 0.305 e. The van der Waals surface area contributed by atoms with Crippen molar-refractivity contribution in [2.45, 2.75) is 44.5 Å². The van der Waals surface area contributed by atoms with Crippen LogP contribution < -0.4 is 15.4 Å². The first-order chi connectivity index (χ1) is 19.7. The Hall–Kier alpha value is -4.18. The quantitative estimate of drug-likeness (QED) is 0.248. The Morgan fingerprint density at radius 3 is 2.37 bits per heavy atom. The minimum Gasteiger partial charge on any atom is -0.496 e. The van der Waals surface area contributed by atoms with E-state index in [4.69, 9.17) is 4.74 Å². The number of carbonyl (C=O) groups excluding carboxylic acids is 3. The number of benzene rings is 2. The normalized spacial score (nSPS) is 12.3. The highest BCUT2D eigenvalue weighted by Gasteiger charge is 2.30. The molecular formula is C31H35N3O6S. The molecule has 2 atom stereocenters. The van der Waals surface area contributed by atoms with E-state index in [9.17, 15) is 24.3 Å². The van der Waals surface area contributed by atoms with Gasteiger partial charge in [-0.2, -0.15) is 0 Å². The third-order valence-corrected chi connectivity index (χ3v) is 7.36. The molecule has 0 aliphatic rings. The molecule has 0 radical (unpaired) electrons. The highest BCUT2D eigenvalue weighted by molar-refractivity contribution is 7.99. The first kappa shape index (κ1) is 31.3. The van der Waals surface area contributed by atoms with Gasteiger partial charge in [0.15, 0.2) is 5.78 Å². The van der Waals surface area contributed by atoms with Gasteiger partial charge < -0.3 is 20.5 Å². The van der Waals surface area contributed by atoms with E-state index in [1.54, 1.807) is 32.3 Å². The predicted molar refractivity (Wildman–Crippen MR) is 158 cm³/mol. The molecule has 3 rings (SSSR count). The predicted octanol–water partition coefficient (Wildman–Crippen LogP) is 3.90. The lowest BCUT2D eigenvalue weighted by molar-refractivity contribution is -0.140. The van der Waals surface area contributed by atoms with Crippen LogP contribution in [0.15, 0.2) is 73.1 Å². The van der Waals surface area contributed by atoms with Gasteiger partial charge in [-0.05, 0) is 35.2 Å². The number of nitrogens with zero attached hydrogens (tertiary/aromatic N) is 1. The van der Waals surface area contributed by atoms with E-state index >= 15 is 0 Å². The lowest BCUT2D eigenvalue weighted by atomic mass is 10.00. The Bertz CT molecular complexity index is 1330. The van der Waals surface area contributed by atoms with Crippen molar-refractivity contribution in [3.8, 4) is 16.9 Å². The first-order valence-corrected chi connectivity index (χ1v) is 14.4. The molecule has 10 heteroatoms. The molecule has 1 heterocycles. The molecule has 2 aromatic carbocycles. The van der Waals surface area contributed by atoms with Crippen LogP contribution in [0.1, 0.15) is 31.4 Å². The van der Waals surface area contributed by atoms with Crippen LogP contribution in [0.3, 0.4) is 0 Å². The molecule has 0 saturated heterocycles. The molecular weight excluding hydrogens is 542 g/mol. The Kier molecular flexibility index (Phi) is 11.9. The number of ether oxygens (including phenoxy) is 1. The van der Waals surface area contributed by atoms with Crippen LogP contribution in [0, 0.1) is 5.92 Å². The van der Waals surface area contributed by atoms with E-state index < -0.39 is 42.1 Å². The van der Waals surface area contributed by atoms with Crippen LogP contribution >= 0.6 is 11.8 Å². The van der Waals surface area contributed by atoms with Gasteiger partial charge in [0, 0.05) is 29.3 Å². The van der Waals surface area contributed by atoms with Crippen molar-refractivity contribution in [3.63, 3.8) is 0 Å². The topological polar surface area (TPSA) is 135 Å². The van der Waals surface area contributed by atoms with E-state index in [2.05, 4.69) is 15.6 Å². The smallest absolute Gasteiger partial charge is 0.305 e. The van der Waals surface area contributed by atoms with E-state index in [-0.39, 0.29) is 18.1 Å².